The lowest BCUT2D eigenvalue weighted by Crippen LogP contribution is -2.36. The average Bonchev–Trinajstić information content (AvgIpc) is 3.05. The Hall–Kier alpha value is -2.91. The lowest BCUT2D eigenvalue weighted by Gasteiger charge is -2.13. The lowest BCUT2D eigenvalue weighted by atomic mass is 10.0. The van der Waals surface area contributed by atoms with Crippen LogP contribution < -0.4 is 15.4 Å². The fourth-order valence-electron chi connectivity index (χ4n) is 3.02. The summed E-state index contributed by atoms with van der Waals surface area (Å²) < 4.78 is 5.37. The highest BCUT2D eigenvalue weighted by Gasteiger charge is 2.23. The van der Waals surface area contributed by atoms with Gasteiger partial charge in [0.15, 0.2) is 0 Å². The summed E-state index contributed by atoms with van der Waals surface area (Å²) in [7, 11) is 1.56. The molecule has 0 unspecified atom stereocenters. The van der Waals surface area contributed by atoms with E-state index < -0.39 is 0 Å². The summed E-state index contributed by atoms with van der Waals surface area (Å²) in [6.45, 7) is 2.86. The molecule has 128 valence electrons. The monoisotopic (exact) mass is 336 g/mol. The van der Waals surface area contributed by atoms with E-state index in [-0.39, 0.29) is 11.9 Å². The van der Waals surface area contributed by atoms with Crippen LogP contribution in [-0.2, 0) is 0 Å². The molecule has 2 atom stereocenters. The molecule has 1 aliphatic heterocycles. The molecular weight excluding hydrogens is 316 g/mol. The third kappa shape index (κ3) is 3.78. The minimum atomic E-state index is -0.207. The molecule has 2 N–H and O–H groups in total. The van der Waals surface area contributed by atoms with Crippen LogP contribution in [0, 0.1) is 11.3 Å². The Labute approximate surface area is 146 Å². The van der Waals surface area contributed by atoms with Crippen LogP contribution in [0.5, 0.6) is 5.75 Å². The molecule has 1 aromatic carbocycles. The Morgan fingerprint density at radius 2 is 2.28 bits per heavy atom. The third-order valence-electron chi connectivity index (χ3n) is 4.31. The number of ether oxygens (including phenoxy) is 1. The normalized spacial score (nSPS) is 19.2. The molecule has 1 amide bonds. The molecule has 0 saturated carbocycles. The molecule has 0 radical (unpaired) electrons. The number of benzene rings is 1. The van der Waals surface area contributed by atoms with Gasteiger partial charge in [0.25, 0.3) is 5.91 Å². The molecule has 1 fully saturated rings. The standard InChI is InChI=1S/C19H20N4O2/c1-12-6-15(10-21-12)23-19(24)17-8-16(18(25-2)11-22-17)14-5-3-4-13(7-14)9-20/h3-5,7-8,11-12,15,21H,6,10H2,1-2H3,(H,23,24)/t12-,15-/m1/s1. The van der Waals surface area contributed by atoms with Gasteiger partial charge < -0.3 is 15.4 Å². The number of rotatable bonds is 4. The Kier molecular flexibility index (Phi) is 4.96. The van der Waals surface area contributed by atoms with Gasteiger partial charge in [0, 0.05) is 24.2 Å². The van der Waals surface area contributed by atoms with Crippen molar-refractivity contribution in [2.75, 3.05) is 13.7 Å². The first kappa shape index (κ1) is 16.9. The Morgan fingerprint density at radius 3 is 2.96 bits per heavy atom. The molecule has 0 aliphatic carbocycles. The van der Waals surface area contributed by atoms with Crippen molar-refractivity contribution in [1.82, 2.24) is 15.6 Å². The van der Waals surface area contributed by atoms with Gasteiger partial charge in [0.05, 0.1) is 24.9 Å². The van der Waals surface area contributed by atoms with Crippen LogP contribution >= 0.6 is 0 Å². The van der Waals surface area contributed by atoms with Gasteiger partial charge in [-0.05, 0) is 37.1 Å². The zero-order valence-electron chi connectivity index (χ0n) is 14.2. The molecule has 0 bridgehead atoms. The van der Waals surface area contributed by atoms with Crippen molar-refractivity contribution >= 4 is 5.91 Å². The molecule has 6 nitrogen and oxygen atoms in total. The second-order valence-electron chi connectivity index (χ2n) is 6.18. The number of pyridine rings is 1. The van der Waals surface area contributed by atoms with Crippen molar-refractivity contribution in [2.45, 2.75) is 25.4 Å². The number of hydrogen-bond donors (Lipinski definition) is 2. The van der Waals surface area contributed by atoms with Crippen molar-refractivity contribution in [3.63, 3.8) is 0 Å². The number of carbonyl (C=O) groups is 1. The molecule has 25 heavy (non-hydrogen) atoms. The predicted octanol–water partition coefficient (Wildman–Crippen LogP) is 2.11. The van der Waals surface area contributed by atoms with Crippen molar-refractivity contribution in [1.29, 1.82) is 5.26 Å². The van der Waals surface area contributed by atoms with E-state index in [0.717, 1.165) is 24.1 Å². The van der Waals surface area contributed by atoms with Crippen molar-refractivity contribution in [2.24, 2.45) is 0 Å². The summed E-state index contributed by atoms with van der Waals surface area (Å²) in [6.07, 6.45) is 2.44. The summed E-state index contributed by atoms with van der Waals surface area (Å²) in [5, 5.41) is 15.4. The van der Waals surface area contributed by atoms with Crippen LogP contribution in [0.15, 0.2) is 36.5 Å². The van der Waals surface area contributed by atoms with E-state index >= 15 is 0 Å². The number of methoxy groups -OCH3 is 1. The summed E-state index contributed by atoms with van der Waals surface area (Å²) >= 11 is 0. The second-order valence-corrected chi connectivity index (χ2v) is 6.18. The van der Waals surface area contributed by atoms with Crippen LogP contribution in [0.25, 0.3) is 11.1 Å². The Balaban J connectivity index is 1.89. The van der Waals surface area contributed by atoms with E-state index in [2.05, 4.69) is 28.6 Å². The maximum Gasteiger partial charge on any atom is 0.270 e. The largest absolute Gasteiger partial charge is 0.494 e. The van der Waals surface area contributed by atoms with Gasteiger partial charge in [-0.3, -0.25) is 4.79 Å². The van der Waals surface area contributed by atoms with Gasteiger partial charge in [0.1, 0.15) is 11.4 Å². The van der Waals surface area contributed by atoms with Crippen LogP contribution in [0.2, 0.25) is 0 Å². The molecule has 1 saturated heterocycles. The van der Waals surface area contributed by atoms with E-state index in [1.807, 2.05) is 6.07 Å². The number of nitrogens with one attached hydrogen (secondary N) is 2. The van der Waals surface area contributed by atoms with E-state index in [9.17, 15) is 4.79 Å². The van der Waals surface area contributed by atoms with Crippen LogP contribution in [0.4, 0.5) is 0 Å². The molecule has 3 rings (SSSR count). The minimum Gasteiger partial charge on any atom is -0.494 e. The third-order valence-corrected chi connectivity index (χ3v) is 4.31. The van der Waals surface area contributed by atoms with Crippen molar-refractivity contribution < 1.29 is 9.53 Å². The molecule has 2 aromatic rings. The molecular formula is C19H20N4O2. The van der Waals surface area contributed by atoms with Gasteiger partial charge >= 0.3 is 0 Å². The van der Waals surface area contributed by atoms with Crippen molar-refractivity contribution in [3.8, 4) is 22.9 Å². The maximum absolute atomic E-state index is 12.5. The first-order valence-corrected chi connectivity index (χ1v) is 8.19. The first-order valence-electron chi connectivity index (χ1n) is 8.19. The van der Waals surface area contributed by atoms with Gasteiger partial charge in [-0.25, -0.2) is 4.98 Å². The quantitative estimate of drug-likeness (QED) is 0.893. The predicted molar refractivity (Wildman–Crippen MR) is 94.3 cm³/mol. The van der Waals surface area contributed by atoms with Gasteiger partial charge in [0.2, 0.25) is 0 Å². The summed E-state index contributed by atoms with van der Waals surface area (Å²) in [5.74, 6) is 0.351. The Morgan fingerprint density at radius 1 is 1.44 bits per heavy atom. The van der Waals surface area contributed by atoms with Crippen LogP contribution in [-0.4, -0.2) is 36.6 Å². The average molecular weight is 336 g/mol. The Bertz CT molecular complexity index is 828. The highest BCUT2D eigenvalue weighted by Crippen LogP contribution is 2.30. The number of nitriles is 1. The second kappa shape index (κ2) is 7.32. The first-order chi connectivity index (χ1) is 12.1. The SMILES string of the molecule is COc1cnc(C(=O)N[C@H]2CN[C@H](C)C2)cc1-c1cccc(C#N)c1. The molecule has 6 heteroatoms. The summed E-state index contributed by atoms with van der Waals surface area (Å²) in [5.41, 5.74) is 2.42. The highest BCUT2D eigenvalue weighted by atomic mass is 16.5. The molecule has 1 aliphatic rings. The van der Waals surface area contributed by atoms with E-state index in [4.69, 9.17) is 10.00 Å². The van der Waals surface area contributed by atoms with E-state index in [0.29, 0.717) is 23.0 Å². The number of amides is 1. The smallest absolute Gasteiger partial charge is 0.270 e. The topological polar surface area (TPSA) is 87.0 Å². The summed E-state index contributed by atoms with van der Waals surface area (Å²) in [6, 6.07) is 11.5. The summed E-state index contributed by atoms with van der Waals surface area (Å²) in [4.78, 5) is 16.7. The minimum absolute atomic E-state index is 0.108. The van der Waals surface area contributed by atoms with E-state index in [1.54, 1.807) is 37.6 Å². The molecule has 1 aromatic heterocycles. The van der Waals surface area contributed by atoms with Crippen LogP contribution in [0.1, 0.15) is 29.4 Å². The zero-order valence-corrected chi connectivity index (χ0v) is 14.2. The maximum atomic E-state index is 12.5. The van der Waals surface area contributed by atoms with Gasteiger partial charge in [-0.2, -0.15) is 5.26 Å². The van der Waals surface area contributed by atoms with Gasteiger partial charge in [-0.15, -0.1) is 0 Å². The fraction of sp³-hybridized carbons (Fsp3) is 0.316. The highest BCUT2D eigenvalue weighted by molar-refractivity contribution is 5.94. The molecule has 0 spiro atoms. The lowest BCUT2D eigenvalue weighted by molar-refractivity contribution is 0.0934. The van der Waals surface area contributed by atoms with Gasteiger partial charge in [-0.1, -0.05) is 12.1 Å². The number of hydrogen-bond acceptors (Lipinski definition) is 5. The fourth-order valence-corrected chi connectivity index (χ4v) is 3.02. The zero-order chi connectivity index (χ0) is 17.8. The molecule has 2 heterocycles. The number of nitrogens with zero attached hydrogens (tertiary/aromatic N) is 2. The van der Waals surface area contributed by atoms with E-state index in [1.165, 1.54) is 0 Å². The number of aromatic nitrogens is 1. The van der Waals surface area contributed by atoms with Crippen LogP contribution in [0.3, 0.4) is 0 Å². The number of carbonyl (C=O) groups excluding carboxylic acids is 1. The van der Waals surface area contributed by atoms with Crippen molar-refractivity contribution in [3.05, 3.63) is 47.8 Å².